The quantitative estimate of drug-likeness (QED) is 0.406. The Bertz CT molecular complexity index is 1340. The minimum absolute atomic E-state index is 0.343. The van der Waals surface area contributed by atoms with Gasteiger partial charge in [0.15, 0.2) is 20.1 Å². The maximum atomic E-state index is 11.8. The third kappa shape index (κ3) is 3.77. The van der Waals surface area contributed by atoms with Crippen LogP contribution >= 0.6 is 34.4 Å². The molecular weight excluding hydrogens is 457 g/mol. The molecule has 6 nitrogen and oxygen atoms in total. The van der Waals surface area contributed by atoms with E-state index in [0.717, 1.165) is 52.2 Å². The Balaban J connectivity index is 1.33. The van der Waals surface area contributed by atoms with Crippen molar-refractivity contribution in [3.8, 4) is 0 Å². The molecule has 0 radical (unpaired) electrons. The van der Waals surface area contributed by atoms with E-state index in [1.165, 1.54) is 15.9 Å². The molecule has 156 valence electrons. The van der Waals surface area contributed by atoms with Crippen LogP contribution in [0.1, 0.15) is 0 Å². The third-order valence-corrected chi connectivity index (χ3v) is 9.18. The van der Waals surface area contributed by atoms with Crippen molar-refractivity contribution in [1.29, 1.82) is 0 Å². The molecule has 1 fully saturated rings. The van der Waals surface area contributed by atoms with Gasteiger partial charge in [0, 0.05) is 37.3 Å². The van der Waals surface area contributed by atoms with E-state index >= 15 is 0 Å². The largest absolute Gasteiger partial charge is 0.345 e. The molecule has 1 aliphatic heterocycles. The van der Waals surface area contributed by atoms with Crippen LogP contribution in [0.15, 0.2) is 46.2 Å². The molecule has 30 heavy (non-hydrogen) atoms. The van der Waals surface area contributed by atoms with E-state index in [9.17, 15) is 8.42 Å². The summed E-state index contributed by atoms with van der Waals surface area (Å²) in [6, 6.07) is 11.6. The van der Waals surface area contributed by atoms with Crippen molar-refractivity contribution >= 4 is 75.0 Å². The van der Waals surface area contributed by atoms with Crippen LogP contribution in [-0.4, -0.2) is 57.1 Å². The van der Waals surface area contributed by atoms with Gasteiger partial charge in [0.25, 0.3) is 0 Å². The van der Waals surface area contributed by atoms with Crippen LogP contribution in [0.3, 0.4) is 0 Å². The molecule has 3 heterocycles. The zero-order chi connectivity index (χ0) is 20.9. The van der Waals surface area contributed by atoms with Gasteiger partial charge in [-0.15, -0.1) is 11.8 Å². The van der Waals surface area contributed by atoms with E-state index < -0.39 is 9.84 Å². The number of nitrogens with zero attached hydrogens (tertiary/aromatic N) is 4. The number of anilines is 2. The number of benzene rings is 2. The first-order valence-electron chi connectivity index (χ1n) is 9.46. The molecule has 0 saturated carbocycles. The van der Waals surface area contributed by atoms with E-state index in [-0.39, 0.29) is 0 Å². The summed E-state index contributed by atoms with van der Waals surface area (Å²) in [4.78, 5) is 15.8. The predicted octanol–water partition coefficient (Wildman–Crippen LogP) is 4.36. The number of piperazine rings is 1. The number of thiazole rings is 2. The topological polar surface area (TPSA) is 66.4 Å². The summed E-state index contributed by atoms with van der Waals surface area (Å²) < 4.78 is 25.8. The Morgan fingerprint density at radius 1 is 0.867 bits per heavy atom. The lowest BCUT2D eigenvalue weighted by molar-refractivity contribution is 0.602. The number of hydrogen-bond donors (Lipinski definition) is 0. The standard InChI is InChI=1S/C20H20N4O2S4/c1-27-13-3-5-15-17(11-13)28-19(21-15)23-7-9-24(10-8-23)20-22-16-6-4-14(30(2,25)26)12-18(16)29-20/h3-6,11-12H,7-10H2,1-2H3. The number of thioether (sulfide) groups is 1. The number of aromatic nitrogens is 2. The highest BCUT2D eigenvalue weighted by molar-refractivity contribution is 7.98. The summed E-state index contributed by atoms with van der Waals surface area (Å²) in [6.07, 6.45) is 3.33. The first kappa shape index (κ1) is 20.0. The highest BCUT2D eigenvalue weighted by Crippen LogP contribution is 2.34. The average molecular weight is 477 g/mol. The first-order valence-corrected chi connectivity index (χ1v) is 14.2. The normalized spacial score (nSPS) is 15.4. The Morgan fingerprint density at radius 3 is 1.93 bits per heavy atom. The lowest BCUT2D eigenvalue weighted by atomic mass is 10.3. The molecule has 0 atom stereocenters. The Kier molecular flexibility index (Phi) is 5.12. The van der Waals surface area contributed by atoms with Gasteiger partial charge in [0.05, 0.1) is 25.3 Å². The van der Waals surface area contributed by atoms with Gasteiger partial charge in [0.2, 0.25) is 0 Å². The van der Waals surface area contributed by atoms with Crippen LogP contribution in [0.5, 0.6) is 0 Å². The highest BCUT2D eigenvalue weighted by Gasteiger charge is 2.22. The SMILES string of the molecule is CSc1ccc2nc(N3CCN(c4nc5ccc(S(C)(=O)=O)cc5s4)CC3)sc2c1. The molecule has 0 aliphatic carbocycles. The monoisotopic (exact) mass is 476 g/mol. The maximum absolute atomic E-state index is 11.8. The van der Waals surface area contributed by atoms with E-state index in [0.29, 0.717) is 4.90 Å². The summed E-state index contributed by atoms with van der Waals surface area (Å²) in [5.41, 5.74) is 1.91. The summed E-state index contributed by atoms with van der Waals surface area (Å²) in [5.74, 6) is 0. The van der Waals surface area contributed by atoms with Gasteiger partial charge in [-0.2, -0.15) is 0 Å². The molecule has 0 unspecified atom stereocenters. The van der Waals surface area contributed by atoms with Crippen LogP contribution in [0.2, 0.25) is 0 Å². The Morgan fingerprint density at radius 2 is 1.40 bits per heavy atom. The van der Waals surface area contributed by atoms with Crippen molar-refractivity contribution in [1.82, 2.24) is 9.97 Å². The molecule has 2 aromatic heterocycles. The third-order valence-electron chi connectivity index (χ3n) is 5.18. The molecule has 0 spiro atoms. The molecule has 1 saturated heterocycles. The molecule has 10 heteroatoms. The number of hydrogen-bond acceptors (Lipinski definition) is 9. The lowest BCUT2D eigenvalue weighted by Crippen LogP contribution is -2.46. The van der Waals surface area contributed by atoms with Crippen molar-refractivity contribution in [3.63, 3.8) is 0 Å². The van der Waals surface area contributed by atoms with Crippen molar-refractivity contribution in [2.45, 2.75) is 9.79 Å². The van der Waals surface area contributed by atoms with Gasteiger partial charge in [-0.05, 0) is 42.7 Å². The number of rotatable bonds is 4. The second-order valence-electron chi connectivity index (χ2n) is 7.20. The Labute approximate surface area is 187 Å². The average Bonchev–Trinajstić information content (AvgIpc) is 3.36. The van der Waals surface area contributed by atoms with Crippen LogP contribution in [0.4, 0.5) is 10.3 Å². The zero-order valence-corrected chi connectivity index (χ0v) is 19.8. The van der Waals surface area contributed by atoms with E-state index in [1.807, 2.05) is 0 Å². The molecule has 1 aliphatic rings. The first-order chi connectivity index (χ1) is 14.4. The van der Waals surface area contributed by atoms with Gasteiger partial charge in [-0.25, -0.2) is 18.4 Å². The fourth-order valence-electron chi connectivity index (χ4n) is 3.50. The van der Waals surface area contributed by atoms with Gasteiger partial charge in [0.1, 0.15) is 0 Å². The van der Waals surface area contributed by atoms with Crippen molar-refractivity contribution in [2.24, 2.45) is 0 Å². The van der Waals surface area contributed by atoms with Gasteiger partial charge in [-0.1, -0.05) is 22.7 Å². The number of sulfone groups is 1. The van der Waals surface area contributed by atoms with Gasteiger partial charge >= 0.3 is 0 Å². The van der Waals surface area contributed by atoms with Crippen LogP contribution in [-0.2, 0) is 9.84 Å². The summed E-state index contributed by atoms with van der Waals surface area (Å²) >= 11 is 5.06. The van der Waals surface area contributed by atoms with E-state index in [4.69, 9.17) is 9.97 Å². The maximum Gasteiger partial charge on any atom is 0.186 e. The van der Waals surface area contributed by atoms with E-state index in [1.54, 1.807) is 52.6 Å². The van der Waals surface area contributed by atoms with Gasteiger partial charge in [-0.3, -0.25) is 0 Å². The van der Waals surface area contributed by atoms with Crippen molar-refractivity contribution in [3.05, 3.63) is 36.4 Å². The molecule has 4 aromatic rings. The fourth-order valence-corrected chi connectivity index (χ4v) is 6.85. The molecule has 2 aromatic carbocycles. The minimum atomic E-state index is -3.21. The second kappa shape index (κ2) is 7.67. The van der Waals surface area contributed by atoms with E-state index in [2.05, 4.69) is 34.3 Å². The second-order valence-corrected chi connectivity index (χ2v) is 12.1. The van der Waals surface area contributed by atoms with Crippen LogP contribution in [0.25, 0.3) is 20.4 Å². The fraction of sp³-hybridized carbons (Fsp3) is 0.300. The van der Waals surface area contributed by atoms with Crippen molar-refractivity contribution in [2.75, 3.05) is 48.5 Å². The zero-order valence-electron chi connectivity index (χ0n) is 16.5. The Hall–Kier alpha value is -1.88. The van der Waals surface area contributed by atoms with Crippen LogP contribution < -0.4 is 9.80 Å². The highest BCUT2D eigenvalue weighted by atomic mass is 32.2. The summed E-state index contributed by atoms with van der Waals surface area (Å²) in [7, 11) is -3.21. The lowest BCUT2D eigenvalue weighted by Gasteiger charge is -2.34. The smallest absolute Gasteiger partial charge is 0.186 e. The minimum Gasteiger partial charge on any atom is -0.345 e. The summed E-state index contributed by atoms with van der Waals surface area (Å²) in [5, 5.41) is 2.02. The molecular formula is C20H20N4O2S4. The van der Waals surface area contributed by atoms with Crippen molar-refractivity contribution < 1.29 is 8.42 Å². The molecule has 0 N–H and O–H groups in total. The molecule has 0 bridgehead atoms. The number of fused-ring (bicyclic) bond motifs is 2. The summed E-state index contributed by atoms with van der Waals surface area (Å²) in [6.45, 7) is 3.51. The van der Waals surface area contributed by atoms with Gasteiger partial charge < -0.3 is 9.80 Å². The molecule has 0 amide bonds. The predicted molar refractivity (Wildman–Crippen MR) is 129 cm³/mol. The van der Waals surface area contributed by atoms with Crippen LogP contribution in [0, 0.1) is 0 Å². The molecule has 5 rings (SSSR count).